The van der Waals surface area contributed by atoms with Gasteiger partial charge in [-0.2, -0.15) is 4.99 Å². The largest absolute Gasteiger partial charge is 0.303 e. The van der Waals surface area contributed by atoms with Gasteiger partial charge < -0.3 is 4.57 Å². The number of nitrogens with zero attached hydrogens (tertiary/aromatic N) is 2. The van der Waals surface area contributed by atoms with Gasteiger partial charge >= 0.3 is 0 Å². The van der Waals surface area contributed by atoms with Crippen LogP contribution < -0.4 is 4.80 Å². The van der Waals surface area contributed by atoms with Gasteiger partial charge in [0.05, 0.1) is 21.8 Å². The van der Waals surface area contributed by atoms with E-state index in [2.05, 4.69) is 10.9 Å². The van der Waals surface area contributed by atoms with E-state index in [1.165, 1.54) is 11.3 Å². The highest BCUT2D eigenvalue weighted by Crippen LogP contribution is 2.29. The van der Waals surface area contributed by atoms with E-state index < -0.39 is 0 Å². The second-order valence-electron chi connectivity index (χ2n) is 5.64. The molecule has 0 fully saturated rings. The number of fused-ring (bicyclic) bond motifs is 1. The maximum absolute atomic E-state index is 12.6. The molecule has 3 nitrogen and oxygen atoms in total. The number of hydrogen-bond acceptors (Lipinski definition) is 2. The number of aryl methyl sites for hydroxylation is 2. The fourth-order valence-electron chi connectivity index (χ4n) is 2.65. The number of carbonyl (C=O) groups excluding carboxylic acids is 1. The Balaban J connectivity index is 2.22. The normalized spacial score (nSPS) is 11.7. The summed E-state index contributed by atoms with van der Waals surface area (Å²) < 4.78 is 2.60. The summed E-state index contributed by atoms with van der Waals surface area (Å²) in [6.45, 7) is 4.14. The number of terminal acetylenes is 1. The number of aromatic nitrogens is 1. The number of rotatable bonds is 2. The highest BCUT2D eigenvalue weighted by Gasteiger charge is 2.13. The first-order chi connectivity index (χ1) is 11.9. The third-order valence-corrected chi connectivity index (χ3v) is 5.29. The Labute approximate surface area is 159 Å². The number of amides is 1. The van der Waals surface area contributed by atoms with Crippen molar-refractivity contribution in [1.82, 2.24) is 4.57 Å². The fraction of sp³-hybridized carbons (Fsp3) is 0.158. The molecule has 0 saturated carbocycles. The molecule has 1 amide bonds. The van der Waals surface area contributed by atoms with Crippen LogP contribution in [0, 0.1) is 26.2 Å². The zero-order chi connectivity index (χ0) is 18.1. The van der Waals surface area contributed by atoms with Crippen molar-refractivity contribution >= 4 is 50.7 Å². The topological polar surface area (TPSA) is 34.4 Å². The molecule has 0 aliphatic heterocycles. The molecule has 0 radical (unpaired) electrons. The second-order valence-corrected chi connectivity index (χ2v) is 7.50. The molecule has 0 aliphatic rings. The molecular formula is C19H14Cl2N2OS. The lowest BCUT2D eigenvalue weighted by molar-refractivity contribution is 0.0997. The van der Waals surface area contributed by atoms with E-state index in [9.17, 15) is 4.79 Å². The molecule has 126 valence electrons. The van der Waals surface area contributed by atoms with Gasteiger partial charge in [0.15, 0.2) is 4.80 Å². The quantitative estimate of drug-likeness (QED) is 0.568. The van der Waals surface area contributed by atoms with Crippen molar-refractivity contribution in [3.63, 3.8) is 0 Å². The summed E-state index contributed by atoms with van der Waals surface area (Å²) in [5, 5.41) is 1.01. The van der Waals surface area contributed by atoms with Gasteiger partial charge in [0, 0.05) is 10.6 Å². The Morgan fingerprint density at radius 2 is 2.04 bits per heavy atom. The average molecular weight is 389 g/mol. The summed E-state index contributed by atoms with van der Waals surface area (Å²) in [6, 6.07) is 9.09. The van der Waals surface area contributed by atoms with Crippen molar-refractivity contribution < 1.29 is 4.79 Å². The van der Waals surface area contributed by atoms with Crippen molar-refractivity contribution in [2.24, 2.45) is 4.99 Å². The molecule has 3 aromatic rings. The Hall–Kier alpha value is -2.06. The molecule has 0 aliphatic carbocycles. The summed E-state index contributed by atoms with van der Waals surface area (Å²) in [5.74, 6) is 2.27. The second kappa shape index (κ2) is 7.05. The SMILES string of the molecule is C#CCn1c(=NC(=O)c2ccc(C)cc2C)sc2cc(Cl)cc(Cl)c21. The van der Waals surface area contributed by atoms with E-state index in [1.54, 1.807) is 22.8 Å². The number of halogens is 2. The van der Waals surface area contributed by atoms with E-state index in [4.69, 9.17) is 29.6 Å². The molecule has 0 saturated heterocycles. The van der Waals surface area contributed by atoms with Crippen LogP contribution in [0.25, 0.3) is 10.2 Å². The summed E-state index contributed by atoms with van der Waals surface area (Å²) in [5.41, 5.74) is 3.29. The number of hydrogen-bond donors (Lipinski definition) is 0. The molecule has 0 atom stereocenters. The number of carbonyl (C=O) groups is 1. The van der Waals surface area contributed by atoms with E-state index in [0.717, 1.165) is 21.3 Å². The smallest absolute Gasteiger partial charge is 0.279 e. The molecule has 0 spiro atoms. The van der Waals surface area contributed by atoms with Gasteiger partial charge in [0.25, 0.3) is 5.91 Å². The summed E-state index contributed by atoms with van der Waals surface area (Å²) in [4.78, 5) is 17.4. The third kappa shape index (κ3) is 3.50. The number of benzene rings is 2. The lowest BCUT2D eigenvalue weighted by atomic mass is 10.1. The van der Waals surface area contributed by atoms with Crippen LogP contribution in [-0.2, 0) is 6.54 Å². The summed E-state index contributed by atoms with van der Waals surface area (Å²) >= 11 is 13.7. The predicted octanol–water partition coefficient (Wildman–Crippen LogP) is 5.00. The minimum Gasteiger partial charge on any atom is -0.303 e. The molecular weight excluding hydrogens is 375 g/mol. The van der Waals surface area contributed by atoms with Gasteiger partial charge in [0.1, 0.15) is 0 Å². The van der Waals surface area contributed by atoms with Gasteiger partial charge in [-0.05, 0) is 37.6 Å². The summed E-state index contributed by atoms with van der Waals surface area (Å²) in [7, 11) is 0. The van der Waals surface area contributed by atoms with Gasteiger partial charge in [-0.25, -0.2) is 0 Å². The van der Waals surface area contributed by atoms with Crippen molar-refractivity contribution in [2.75, 3.05) is 0 Å². The van der Waals surface area contributed by atoms with E-state index in [0.29, 0.717) is 20.4 Å². The van der Waals surface area contributed by atoms with Crippen LogP contribution in [0.3, 0.4) is 0 Å². The van der Waals surface area contributed by atoms with E-state index >= 15 is 0 Å². The van der Waals surface area contributed by atoms with Crippen molar-refractivity contribution in [3.05, 3.63) is 61.9 Å². The standard InChI is InChI=1S/C19H14Cl2N2OS/c1-4-7-23-17-15(21)9-13(20)10-16(17)25-19(23)22-18(24)14-6-5-11(2)8-12(14)3/h1,5-6,8-10H,7H2,2-3H3. The highest BCUT2D eigenvalue weighted by atomic mass is 35.5. The minimum atomic E-state index is -0.308. The zero-order valence-electron chi connectivity index (χ0n) is 13.6. The highest BCUT2D eigenvalue weighted by molar-refractivity contribution is 7.16. The Kier molecular flexibility index (Phi) is 5.01. The first-order valence-corrected chi connectivity index (χ1v) is 9.06. The molecule has 0 unspecified atom stereocenters. The third-order valence-electron chi connectivity index (χ3n) is 3.75. The minimum absolute atomic E-state index is 0.264. The van der Waals surface area contributed by atoms with Gasteiger partial charge in [-0.3, -0.25) is 4.79 Å². The van der Waals surface area contributed by atoms with Gasteiger partial charge in [-0.1, -0.05) is 58.2 Å². The Morgan fingerprint density at radius 1 is 1.28 bits per heavy atom. The monoisotopic (exact) mass is 388 g/mol. The molecule has 2 aromatic carbocycles. The Bertz CT molecular complexity index is 1100. The molecule has 3 rings (SSSR count). The van der Waals surface area contributed by atoms with Crippen LogP contribution >= 0.6 is 34.5 Å². The van der Waals surface area contributed by atoms with Gasteiger partial charge in [0.2, 0.25) is 0 Å². The molecule has 1 heterocycles. The van der Waals surface area contributed by atoms with Crippen LogP contribution in [-0.4, -0.2) is 10.5 Å². The average Bonchev–Trinajstić information content (AvgIpc) is 2.85. The van der Waals surface area contributed by atoms with E-state index in [-0.39, 0.29) is 12.5 Å². The first kappa shape index (κ1) is 17.8. The summed E-state index contributed by atoms with van der Waals surface area (Å²) in [6.07, 6.45) is 5.48. The molecule has 0 bridgehead atoms. The molecule has 1 aromatic heterocycles. The van der Waals surface area contributed by atoms with Crippen LogP contribution in [0.5, 0.6) is 0 Å². The van der Waals surface area contributed by atoms with Crippen molar-refractivity contribution in [3.8, 4) is 12.3 Å². The maximum Gasteiger partial charge on any atom is 0.279 e. The van der Waals surface area contributed by atoms with Crippen LogP contribution in [0.4, 0.5) is 0 Å². The van der Waals surface area contributed by atoms with Crippen LogP contribution in [0.1, 0.15) is 21.5 Å². The van der Waals surface area contributed by atoms with Crippen molar-refractivity contribution in [1.29, 1.82) is 0 Å². The van der Waals surface area contributed by atoms with Crippen molar-refractivity contribution in [2.45, 2.75) is 20.4 Å². The zero-order valence-corrected chi connectivity index (χ0v) is 16.0. The first-order valence-electron chi connectivity index (χ1n) is 7.49. The van der Waals surface area contributed by atoms with Crippen LogP contribution in [0.15, 0.2) is 35.3 Å². The van der Waals surface area contributed by atoms with Crippen LogP contribution in [0.2, 0.25) is 10.0 Å². The Morgan fingerprint density at radius 3 is 2.72 bits per heavy atom. The molecule has 0 N–H and O–H groups in total. The van der Waals surface area contributed by atoms with E-state index in [1.807, 2.05) is 26.0 Å². The molecule has 25 heavy (non-hydrogen) atoms. The predicted molar refractivity (Wildman–Crippen MR) is 104 cm³/mol. The maximum atomic E-state index is 12.6. The number of thiazole rings is 1. The lowest BCUT2D eigenvalue weighted by Gasteiger charge is -2.04. The lowest BCUT2D eigenvalue weighted by Crippen LogP contribution is -2.17. The fourth-order valence-corrected chi connectivity index (χ4v) is 4.46. The van der Waals surface area contributed by atoms with Gasteiger partial charge in [-0.15, -0.1) is 6.42 Å². The molecule has 6 heteroatoms.